The molecule has 1 aliphatic rings. The summed E-state index contributed by atoms with van der Waals surface area (Å²) in [6.07, 6.45) is 5.49. The van der Waals surface area contributed by atoms with E-state index in [9.17, 15) is 9.18 Å². The topological polar surface area (TPSA) is 40.5 Å². The summed E-state index contributed by atoms with van der Waals surface area (Å²) in [6.45, 7) is 0. The molecule has 0 unspecified atom stereocenters. The summed E-state index contributed by atoms with van der Waals surface area (Å²) >= 11 is 0. The number of carbonyl (C=O) groups is 1. The second-order valence-electron chi connectivity index (χ2n) is 4.84. The van der Waals surface area contributed by atoms with E-state index >= 15 is 0 Å². The first-order chi connectivity index (χ1) is 8.61. The Labute approximate surface area is 106 Å². The number of hydrogen-bond donors (Lipinski definition) is 1. The number of halogens is 1. The third-order valence-corrected chi connectivity index (χ3v) is 3.69. The molecule has 1 aromatic carbocycles. The monoisotopic (exact) mass is 251 g/mol. The summed E-state index contributed by atoms with van der Waals surface area (Å²) < 4.78 is 13.9. The van der Waals surface area contributed by atoms with E-state index in [1.807, 2.05) is 0 Å². The van der Waals surface area contributed by atoms with Gasteiger partial charge in [-0.2, -0.15) is 0 Å². The third kappa shape index (κ3) is 2.47. The number of carboxylic acid groups (broad SMARTS) is 1. The summed E-state index contributed by atoms with van der Waals surface area (Å²) in [5.41, 5.74) is 0.264. The molecule has 1 fully saturated rings. The van der Waals surface area contributed by atoms with E-state index in [-0.39, 0.29) is 17.3 Å². The highest BCUT2D eigenvalue weighted by Crippen LogP contribution is 2.30. The SMILES string of the molecule is CN(c1c(F)cccc1C(=O)O)C1CCCCC1. The normalized spacial score (nSPS) is 16.6. The van der Waals surface area contributed by atoms with Crippen molar-refractivity contribution in [3.8, 4) is 0 Å². The molecule has 0 aliphatic heterocycles. The number of para-hydroxylation sites is 1. The number of nitrogens with zero attached hydrogens (tertiary/aromatic N) is 1. The fraction of sp³-hybridized carbons (Fsp3) is 0.500. The highest BCUT2D eigenvalue weighted by Gasteiger charge is 2.24. The van der Waals surface area contributed by atoms with Gasteiger partial charge in [0.15, 0.2) is 0 Å². The molecule has 0 radical (unpaired) electrons. The fourth-order valence-corrected chi connectivity index (χ4v) is 2.70. The lowest BCUT2D eigenvalue weighted by Crippen LogP contribution is -2.35. The van der Waals surface area contributed by atoms with Crippen molar-refractivity contribution in [1.29, 1.82) is 0 Å². The molecule has 1 N–H and O–H groups in total. The molecule has 0 amide bonds. The lowest BCUT2D eigenvalue weighted by molar-refractivity contribution is 0.0697. The molecule has 3 nitrogen and oxygen atoms in total. The quantitative estimate of drug-likeness (QED) is 0.896. The highest BCUT2D eigenvalue weighted by molar-refractivity contribution is 5.94. The van der Waals surface area contributed by atoms with Gasteiger partial charge in [0.25, 0.3) is 0 Å². The van der Waals surface area contributed by atoms with Crippen molar-refractivity contribution in [2.75, 3.05) is 11.9 Å². The largest absolute Gasteiger partial charge is 0.478 e. The van der Waals surface area contributed by atoms with Crippen LogP contribution in [-0.4, -0.2) is 24.2 Å². The molecule has 0 heterocycles. The second kappa shape index (κ2) is 5.38. The zero-order valence-electron chi connectivity index (χ0n) is 10.5. The van der Waals surface area contributed by atoms with E-state index in [1.165, 1.54) is 24.6 Å². The van der Waals surface area contributed by atoms with E-state index < -0.39 is 11.8 Å². The lowest BCUT2D eigenvalue weighted by Gasteiger charge is -2.33. The summed E-state index contributed by atoms with van der Waals surface area (Å²) in [5.74, 6) is -1.53. The highest BCUT2D eigenvalue weighted by atomic mass is 19.1. The molecular weight excluding hydrogens is 233 g/mol. The minimum Gasteiger partial charge on any atom is -0.478 e. The van der Waals surface area contributed by atoms with Gasteiger partial charge in [0.2, 0.25) is 0 Å². The van der Waals surface area contributed by atoms with Crippen LogP contribution in [0.5, 0.6) is 0 Å². The maximum Gasteiger partial charge on any atom is 0.337 e. The van der Waals surface area contributed by atoms with Crippen LogP contribution in [0.1, 0.15) is 42.5 Å². The summed E-state index contributed by atoms with van der Waals surface area (Å²) in [4.78, 5) is 13.0. The summed E-state index contributed by atoms with van der Waals surface area (Å²) in [5, 5.41) is 9.14. The van der Waals surface area contributed by atoms with Gasteiger partial charge >= 0.3 is 5.97 Å². The van der Waals surface area contributed by atoms with Gasteiger partial charge in [-0.3, -0.25) is 0 Å². The molecule has 18 heavy (non-hydrogen) atoms. The first kappa shape index (κ1) is 12.9. The van der Waals surface area contributed by atoms with Crippen LogP contribution in [0.2, 0.25) is 0 Å². The predicted molar refractivity (Wildman–Crippen MR) is 68.6 cm³/mol. The standard InChI is InChI=1S/C14H18FNO2/c1-16(10-6-3-2-4-7-10)13-11(14(17)18)8-5-9-12(13)15/h5,8-10H,2-4,6-7H2,1H3,(H,17,18). The Morgan fingerprint density at radius 3 is 2.61 bits per heavy atom. The van der Waals surface area contributed by atoms with E-state index in [1.54, 1.807) is 11.9 Å². The van der Waals surface area contributed by atoms with Crippen LogP contribution in [0.15, 0.2) is 18.2 Å². The Bertz CT molecular complexity index is 441. The van der Waals surface area contributed by atoms with Crippen molar-refractivity contribution < 1.29 is 14.3 Å². The first-order valence-electron chi connectivity index (χ1n) is 6.36. The Kier molecular flexibility index (Phi) is 3.84. The number of anilines is 1. The average Bonchev–Trinajstić information content (AvgIpc) is 2.38. The molecule has 2 rings (SSSR count). The van der Waals surface area contributed by atoms with Gasteiger partial charge in [0, 0.05) is 13.1 Å². The third-order valence-electron chi connectivity index (χ3n) is 3.69. The van der Waals surface area contributed by atoms with Crippen LogP contribution < -0.4 is 4.90 Å². The van der Waals surface area contributed by atoms with E-state index in [2.05, 4.69) is 0 Å². The van der Waals surface area contributed by atoms with Crippen molar-refractivity contribution >= 4 is 11.7 Å². The number of benzene rings is 1. The van der Waals surface area contributed by atoms with Crippen molar-refractivity contribution in [3.63, 3.8) is 0 Å². The van der Waals surface area contributed by atoms with Gasteiger partial charge in [0.05, 0.1) is 11.3 Å². The van der Waals surface area contributed by atoms with Gasteiger partial charge < -0.3 is 10.0 Å². The van der Waals surface area contributed by atoms with Crippen LogP contribution in [0, 0.1) is 5.82 Å². The Hall–Kier alpha value is -1.58. The minimum absolute atomic E-state index is 0.0445. The van der Waals surface area contributed by atoms with Crippen molar-refractivity contribution in [1.82, 2.24) is 0 Å². The second-order valence-corrected chi connectivity index (χ2v) is 4.84. The predicted octanol–water partition coefficient (Wildman–Crippen LogP) is 3.29. The molecule has 98 valence electrons. The van der Waals surface area contributed by atoms with Gasteiger partial charge in [-0.1, -0.05) is 25.3 Å². The zero-order chi connectivity index (χ0) is 13.1. The molecular formula is C14H18FNO2. The van der Waals surface area contributed by atoms with Crippen LogP contribution in [0.4, 0.5) is 10.1 Å². The van der Waals surface area contributed by atoms with Crippen LogP contribution in [0.3, 0.4) is 0 Å². The molecule has 0 spiro atoms. The van der Waals surface area contributed by atoms with Crippen molar-refractivity contribution in [3.05, 3.63) is 29.6 Å². The Morgan fingerprint density at radius 1 is 1.33 bits per heavy atom. The lowest BCUT2D eigenvalue weighted by atomic mass is 9.93. The molecule has 1 aromatic rings. The van der Waals surface area contributed by atoms with E-state index in [0.29, 0.717) is 0 Å². The molecule has 0 atom stereocenters. The molecule has 1 saturated carbocycles. The zero-order valence-corrected chi connectivity index (χ0v) is 10.5. The van der Waals surface area contributed by atoms with Crippen LogP contribution >= 0.6 is 0 Å². The molecule has 1 aliphatic carbocycles. The van der Waals surface area contributed by atoms with E-state index in [4.69, 9.17) is 5.11 Å². The van der Waals surface area contributed by atoms with Crippen molar-refractivity contribution in [2.45, 2.75) is 38.1 Å². The molecule has 0 saturated heterocycles. The molecule has 0 bridgehead atoms. The first-order valence-corrected chi connectivity index (χ1v) is 6.36. The summed E-state index contributed by atoms with van der Waals surface area (Å²) in [6, 6.07) is 4.46. The maximum absolute atomic E-state index is 13.9. The minimum atomic E-state index is -1.08. The van der Waals surface area contributed by atoms with Crippen molar-refractivity contribution in [2.24, 2.45) is 0 Å². The Balaban J connectivity index is 2.33. The van der Waals surface area contributed by atoms with Gasteiger partial charge in [-0.05, 0) is 25.0 Å². The van der Waals surface area contributed by atoms with E-state index in [0.717, 1.165) is 25.7 Å². The van der Waals surface area contributed by atoms with Gasteiger partial charge in [0.1, 0.15) is 5.82 Å². The maximum atomic E-state index is 13.9. The average molecular weight is 251 g/mol. The fourth-order valence-electron chi connectivity index (χ4n) is 2.70. The number of aromatic carboxylic acids is 1. The molecule has 0 aromatic heterocycles. The number of carboxylic acids is 1. The van der Waals surface area contributed by atoms with Gasteiger partial charge in [-0.25, -0.2) is 9.18 Å². The summed E-state index contributed by atoms with van der Waals surface area (Å²) in [7, 11) is 1.79. The number of hydrogen-bond acceptors (Lipinski definition) is 2. The molecule has 4 heteroatoms. The Morgan fingerprint density at radius 2 is 2.00 bits per heavy atom. The number of rotatable bonds is 3. The van der Waals surface area contributed by atoms with Crippen LogP contribution in [-0.2, 0) is 0 Å². The smallest absolute Gasteiger partial charge is 0.337 e. The van der Waals surface area contributed by atoms with Gasteiger partial charge in [-0.15, -0.1) is 0 Å². The van der Waals surface area contributed by atoms with Crippen LogP contribution in [0.25, 0.3) is 0 Å².